The van der Waals surface area contributed by atoms with Crippen LogP contribution in [0, 0.1) is 0 Å². The van der Waals surface area contributed by atoms with Crippen LogP contribution in [-0.4, -0.2) is 32.7 Å². The highest BCUT2D eigenvalue weighted by Gasteiger charge is 2.21. The molecule has 0 radical (unpaired) electrons. The van der Waals surface area contributed by atoms with Crippen molar-refractivity contribution >= 4 is 11.2 Å². The highest BCUT2D eigenvalue weighted by atomic mass is 16.3. The Morgan fingerprint density at radius 3 is 2.70 bits per heavy atom. The van der Waals surface area contributed by atoms with Crippen LogP contribution in [0.15, 0.2) is 42.6 Å². The van der Waals surface area contributed by atoms with Gasteiger partial charge >= 0.3 is 0 Å². The zero-order valence-corrected chi connectivity index (χ0v) is 12.9. The number of piperidine rings is 1. The summed E-state index contributed by atoms with van der Waals surface area (Å²) in [6.45, 7) is 2.08. The standard InChI is InChI=1S/C18H20N4O/c23-15-5-3-13(4-6-15)12-17-21-16-2-1-9-20-18(16)22(17)14-7-10-19-11-8-14/h1-6,9,14,19,23H,7-8,10-12H2. The average molecular weight is 308 g/mol. The van der Waals surface area contributed by atoms with Gasteiger partial charge < -0.3 is 15.0 Å². The van der Waals surface area contributed by atoms with Crippen molar-refractivity contribution in [2.24, 2.45) is 0 Å². The van der Waals surface area contributed by atoms with E-state index in [1.165, 1.54) is 0 Å². The zero-order valence-electron chi connectivity index (χ0n) is 12.9. The van der Waals surface area contributed by atoms with Crippen LogP contribution in [0.4, 0.5) is 0 Å². The number of hydrogen-bond acceptors (Lipinski definition) is 4. The second kappa shape index (κ2) is 6.01. The van der Waals surface area contributed by atoms with Crippen molar-refractivity contribution in [3.63, 3.8) is 0 Å². The molecule has 1 aromatic carbocycles. The highest BCUT2D eigenvalue weighted by Crippen LogP contribution is 2.27. The minimum atomic E-state index is 0.294. The van der Waals surface area contributed by atoms with Crippen LogP contribution in [0.1, 0.15) is 30.3 Å². The molecule has 2 aromatic heterocycles. The second-order valence-corrected chi connectivity index (χ2v) is 6.07. The third kappa shape index (κ3) is 2.80. The Labute approximate surface area is 135 Å². The Hall–Kier alpha value is -2.40. The lowest BCUT2D eigenvalue weighted by Gasteiger charge is -2.26. The summed E-state index contributed by atoms with van der Waals surface area (Å²) in [5.74, 6) is 1.35. The highest BCUT2D eigenvalue weighted by molar-refractivity contribution is 5.71. The molecule has 1 aliphatic heterocycles. The molecule has 5 heteroatoms. The summed E-state index contributed by atoms with van der Waals surface area (Å²) >= 11 is 0. The smallest absolute Gasteiger partial charge is 0.160 e. The number of rotatable bonds is 3. The van der Waals surface area contributed by atoms with E-state index in [0.29, 0.717) is 11.8 Å². The molecule has 1 aliphatic rings. The number of imidazole rings is 1. The van der Waals surface area contributed by atoms with E-state index in [9.17, 15) is 5.11 Å². The molecule has 1 saturated heterocycles. The summed E-state index contributed by atoms with van der Waals surface area (Å²) in [5, 5.41) is 12.9. The van der Waals surface area contributed by atoms with Gasteiger partial charge in [-0.3, -0.25) is 0 Å². The van der Waals surface area contributed by atoms with Gasteiger partial charge in [-0.15, -0.1) is 0 Å². The Morgan fingerprint density at radius 2 is 1.91 bits per heavy atom. The monoisotopic (exact) mass is 308 g/mol. The van der Waals surface area contributed by atoms with Gasteiger partial charge in [-0.2, -0.15) is 0 Å². The molecule has 2 N–H and O–H groups in total. The van der Waals surface area contributed by atoms with Gasteiger partial charge in [0.1, 0.15) is 17.1 Å². The lowest BCUT2D eigenvalue weighted by atomic mass is 10.1. The average Bonchev–Trinajstić information content (AvgIpc) is 2.95. The van der Waals surface area contributed by atoms with Crippen LogP contribution < -0.4 is 5.32 Å². The molecular weight excluding hydrogens is 288 g/mol. The molecule has 3 aromatic rings. The van der Waals surface area contributed by atoms with Crippen molar-refractivity contribution in [2.45, 2.75) is 25.3 Å². The third-order valence-electron chi connectivity index (χ3n) is 4.49. The largest absolute Gasteiger partial charge is 0.508 e. The van der Waals surface area contributed by atoms with Gasteiger partial charge in [-0.05, 0) is 55.8 Å². The first-order valence-electron chi connectivity index (χ1n) is 8.12. The quantitative estimate of drug-likeness (QED) is 0.781. The van der Waals surface area contributed by atoms with Crippen LogP contribution in [0.25, 0.3) is 11.2 Å². The summed E-state index contributed by atoms with van der Waals surface area (Å²) in [5.41, 5.74) is 3.08. The molecule has 0 saturated carbocycles. The number of nitrogens with one attached hydrogen (secondary N) is 1. The Kier molecular flexibility index (Phi) is 3.71. The summed E-state index contributed by atoms with van der Waals surface area (Å²) in [6, 6.07) is 11.8. The maximum absolute atomic E-state index is 9.46. The summed E-state index contributed by atoms with van der Waals surface area (Å²) in [4.78, 5) is 9.40. The maximum Gasteiger partial charge on any atom is 0.160 e. The number of nitrogens with zero attached hydrogens (tertiary/aromatic N) is 3. The van der Waals surface area contributed by atoms with Gasteiger partial charge in [-0.1, -0.05) is 12.1 Å². The van der Waals surface area contributed by atoms with E-state index in [-0.39, 0.29) is 0 Å². The van der Waals surface area contributed by atoms with Gasteiger partial charge in [0, 0.05) is 18.7 Å². The van der Waals surface area contributed by atoms with E-state index in [4.69, 9.17) is 4.98 Å². The van der Waals surface area contributed by atoms with E-state index in [1.54, 1.807) is 12.1 Å². The zero-order chi connectivity index (χ0) is 15.6. The van der Waals surface area contributed by atoms with Crippen LogP contribution in [-0.2, 0) is 6.42 Å². The molecule has 0 aliphatic carbocycles. The first-order valence-corrected chi connectivity index (χ1v) is 8.12. The topological polar surface area (TPSA) is 63.0 Å². The molecule has 3 heterocycles. The number of hydrogen-bond donors (Lipinski definition) is 2. The summed E-state index contributed by atoms with van der Waals surface area (Å²) in [7, 11) is 0. The van der Waals surface area contributed by atoms with E-state index >= 15 is 0 Å². The number of phenols is 1. The van der Waals surface area contributed by atoms with E-state index in [2.05, 4.69) is 14.9 Å². The third-order valence-corrected chi connectivity index (χ3v) is 4.49. The lowest BCUT2D eigenvalue weighted by molar-refractivity contribution is 0.367. The first kappa shape index (κ1) is 14.2. The number of pyridine rings is 1. The molecule has 118 valence electrons. The molecule has 4 rings (SSSR count). The van der Waals surface area contributed by atoms with Crippen LogP contribution in [0.5, 0.6) is 5.75 Å². The molecule has 0 bridgehead atoms. The van der Waals surface area contributed by atoms with Gasteiger partial charge in [0.15, 0.2) is 5.65 Å². The fourth-order valence-electron chi connectivity index (χ4n) is 3.35. The van der Waals surface area contributed by atoms with Crippen molar-refractivity contribution in [1.82, 2.24) is 19.9 Å². The van der Waals surface area contributed by atoms with Crippen molar-refractivity contribution in [1.29, 1.82) is 0 Å². The summed E-state index contributed by atoms with van der Waals surface area (Å²) in [6.07, 6.45) is 4.79. The van der Waals surface area contributed by atoms with E-state index < -0.39 is 0 Å². The van der Waals surface area contributed by atoms with Gasteiger partial charge in [-0.25, -0.2) is 9.97 Å². The predicted molar refractivity (Wildman–Crippen MR) is 89.6 cm³/mol. The molecule has 23 heavy (non-hydrogen) atoms. The van der Waals surface area contributed by atoms with Gasteiger partial charge in [0.25, 0.3) is 0 Å². The fourth-order valence-corrected chi connectivity index (χ4v) is 3.35. The number of benzene rings is 1. The molecule has 0 amide bonds. The number of phenolic OH excluding ortho intramolecular Hbond substituents is 1. The SMILES string of the molecule is Oc1ccc(Cc2nc3cccnc3n2C2CCNCC2)cc1. The molecule has 0 spiro atoms. The van der Waals surface area contributed by atoms with Crippen molar-refractivity contribution in [2.75, 3.05) is 13.1 Å². The Bertz CT molecular complexity index is 804. The van der Waals surface area contributed by atoms with Crippen LogP contribution in [0.3, 0.4) is 0 Å². The van der Waals surface area contributed by atoms with Crippen molar-refractivity contribution in [3.8, 4) is 5.75 Å². The van der Waals surface area contributed by atoms with Crippen LogP contribution >= 0.6 is 0 Å². The Morgan fingerprint density at radius 1 is 1.13 bits per heavy atom. The molecule has 0 atom stereocenters. The number of fused-ring (bicyclic) bond motifs is 1. The number of aromatic hydroxyl groups is 1. The van der Waals surface area contributed by atoms with Crippen molar-refractivity contribution < 1.29 is 5.11 Å². The van der Waals surface area contributed by atoms with Crippen molar-refractivity contribution in [3.05, 3.63) is 54.0 Å². The first-order chi connectivity index (χ1) is 11.3. The second-order valence-electron chi connectivity index (χ2n) is 6.07. The van der Waals surface area contributed by atoms with Gasteiger partial charge in [0.05, 0.1) is 0 Å². The van der Waals surface area contributed by atoms with E-state index in [0.717, 1.165) is 54.9 Å². The molecule has 5 nitrogen and oxygen atoms in total. The molecular formula is C18H20N4O. The minimum Gasteiger partial charge on any atom is -0.508 e. The number of aromatic nitrogens is 3. The Balaban J connectivity index is 1.76. The van der Waals surface area contributed by atoms with E-state index in [1.807, 2.05) is 30.5 Å². The summed E-state index contributed by atoms with van der Waals surface area (Å²) < 4.78 is 2.32. The minimum absolute atomic E-state index is 0.294. The van der Waals surface area contributed by atoms with Crippen LogP contribution in [0.2, 0.25) is 0 Å². The molecule has 1 fully saturated rings. The normalized spacial score (nSPS) is 16.0. The molecule has 0 unspecified atom stereocenters. The predicted octanol–water partition coefficient (Wildman–Crippen LogP) is 2.65. The fraction of sp³-hybridized carbons (Fsp3) is 0.333. The van der Waals surface area contributed by atoms with Gasteiger partial charge in [0.2, 0.25) is 0 Å². The maximum atomic E-state index is 9.46. The lowest BCUT2D eigenvalue weighted by Crippen LogP contribution is -2.30.